The van der Waals surface area contributed by atoms with Gasteiger partial charge in [0.15, 0.2) is 5.82 Å². The van der Waals surface area contributed by atoms with Crippen molar-refractivity contribution in [2.45, 2.75) is 12.8 Å². The van der Waals surface area contributed by atoms with E-state index in [-0.39, 0.29) is 20.9 Å². The van der Waals surface area contributed by atoms with E-state index in [4.69, 9.17) is 45.9 Å². The second-order valence-electron chi connectivity index (χ2n) is 4.77. The maximum absolute atomic E-state index is 13.4. The number of amides is 1. The first-order valence-electron chi connectivity index (χ1n) is 6.20. The molecule has 21 heavy (non-hydrogen) atoms. The van der Waals surface area contributed by atoms with E-state index in [1.807, 2.05) is 0 Å². The lowest BCUT2D eigenvalue weighted by molar-refractivity contribution is -0.126. The van der Waals surface area contributed by atoms with E-state index in [2.05, 4.69) is 5.32 Å². The topological polar surface area (TPSA) is 64.4 Å². The number of hydrogen-bond donors (Lipinski definition) is 2. The molecule has 0 aliphatic carbocycles. The number of thiocarbonyl (C=S) groups is 1. The monoisotopic (exact) mass is 350 g/mol. The van der Waals surface area contributed by atoms with Crippen molar-refractivity contribution in [3.8, 4) is 0 Å². The van der Waals surface area contributed by atoms with Crippen LogP contribution in [0.4, 0.5) is 10.1 Å². The van der Waals surface area contributed by atoms with E-state index in [1.54, 1.807) is 0 Å². The van der Waals surface area contributed by atoms with Gasteiger partial charge in [0.25, 0.3) is 0 Å². The average Bonchev–Trinajstić information content (AvgIpc) is 2.45. The summed E-state index contributed by atoms with van der Waals surface area (Å²) >= 11 is 16.5. The van der Waals surface area contributed by atoms with Crippen LogP contribution in [0.1, 0.15) is 12.8 Å². The predicted molar refractivity (Wildman–Crippen MR) is 84.3 cm³/mol. The number of anilines is 1. The average molecular weight is 351 g/mol. The van der Waals surface area contributed by atoms with Crippen LogP contribution in [0.3, 0.4) is 0 Å². The van der Waals surface area contributed by atoms with Crippen molar-refractivity contribution in [2.24, 2.45) is 11.1 Å². The molecule has 0 bridgehead atoms. The van der Waals surface area contributed by atoms with Gasteiger partial charge in [-0.1, -0.05) is 35.4 Å². The van der Waals surface area contributed by atoms with Crippen molar-refractivity contribution in [2.75, 3.05) is 18.5 Å². The van der Waals surface area contributed by atoms with E-state index in [0.717, 1.165) is 0 Å². The molecule has 1 aliphatic rings. The molecule has 1 aromatic carbocycles. The number of nitrogens with two attached hydrogens (primary N) is 1. The fraction of sp³-hybridized carbons (Fsp3) is 0.385. The Morgan fingerprint density at radius 3 is 2.33 bits per heavy atom. The minimum Gasteiger partial charge on any atom is -0.392 e. The fourth-order valence-corrected chi connectivity index (χ4v) is 2.97. The fourth-order valence-electron chi connectivity index (χ4n) is 2.18. The lowest BCUT2D eigenvalue weighted by atomic mass is 9.79. The van der Waals surface area contributed by atoms with Crippen LogP contribution in [-0.4, -0.2) is 24.1 Å². The summed E-state index contributed by atoms with van der Waals surface area (Å²) in [4.78, 5) is 12.6. The summed E-state index contributed by atoms with van der Waals surface area (Å²) in [6.45, 7) is 0.797. The van der Waals surface area contributed by atoms with Gasteiger partial charge in [-0.05, 0) is 25.0 Å². The van der Waals surface area contributed by atoms with Gasteiger partial charge in [-0.15, -0.1) is 0 Å². The molecule has 1 heterocycles. The minimum atomic E-state index is -0.971. The molecule has 3 N–H and O–H groups in total. The smallest absolute Gasteiger partial charge is 0.237 e. The molecule has 0 atom stereocenters. The Balaban J connectivity index is 2.25. The molecule has 1 aliphatic heterocycles. The highest BCUT2D eigenvalue weighted by Gasteiger charge is 2.43. The van der Waals surface area contributed by atoms with E-state index < -0.39 is 11.2 Å². The molecule has 0 radical (unpaired) electrons. The number of benzene rings is 1. The lowest BCUT2D eigenvalue weighted by Crippen LogP contribution is -2.49. The SMILES string of the molecule is NC(=S)C1(C(=O)Nc2cc(Cl)c(F)c(Cl)c2)CCOCC1. The molecule has 0 aromatic heterocycles. The molecular weight excluding hydrogens is 338 g/mol. The summed E-state index contributed by atoms with van der Waals surface area (Å²) in [6, 6.07) is 2.57. The molecule has 114 valence electrons. The summed E-state index contributed by atoms with van der Waals surface area (Å²) in [5.41, 5.74) is 5.06. The van der Waals surface area contributed by atoms with Crippen LogP contribution in [0.15, 0.2) is 12.1 Å². The highest BCUT2D eigenvalue weighted by molar-refractivity contribution is 7.80. The van der Waals surface area contributed by atoms with Crippen molar-refractivity contribution < 1.29 is 13.9 Å². The van der Waals surface area contributed by atoms with Crippen molar-refractivity contribution in [1.29, 1.82) is 0 Å². The first-order valence-corrected chi connectivity index (χ1v) is 7.37. The zero-order chi connectivity index (χ0) is 15.6. The molecule has 1 fully saturated rings. The number of carbonyl (C=O) groups is 1. The quantitative estimate of drug-likeness (QED) is 0.649. The van der Waals surface area contributed by atoms with E-state index in [0.29, 0.717) is 31.7 Å². The van der Waals surface area contributed by atoms with Gasteiger partial charge in [-0.3, -0.25) is 4.79 Å². The van der Waals surface area contributed by atoms with Gasteiger partial charge in [-0.2, -0.15) is 0 Å². The van der Waals surface area contributed by atoms with Crippen molar-refractivity contribution >= 4 is 52.0 Å². The minimum absolute atomic E-state index is 0.114. The molecule has 0 unspecified atom stereocenters. The second kappa shape index (κ2) is 6.44. The van der Waals surface area contributed by atoms with Gasteiger partial charge in [0, 0.05) is 18.9 Å². The zero-order valence-electron chi connectivity index (χ0n) is 10.9. The van der Waals surface area contributed by atoms with Crippen LogP contribution in [0.25, 0.3) is 0 Å². The van der Waals surface area contributed by atoms with Crippen LogP contribution in [0.2, 0.25) is 10.0 Å². The van der Waals surface area contributed by atoms with E-state index in [1.165, 1.54) is 12.1 Å². The first kappa shape index (κ1) is 16.4. The molecule has 1 amide bonds. The zero-order valence-corrected chi connectivity index (χ0v) is 13.2. The molecule has 8 heteroatoms. The van der Waals surface area contributed by atoms with Crippen molar-refractivity contribution in [1.82, 2.24) is 0 Å². The van der Waals surface area contributed by atoms with E-state index in [9.17, 15) is 9.18 Å². The standard InChI is InChI=1S/C13H13Cl2FN2O2S/c14-8-5-7(6-9(15)10(8)16)18-12(19)13(11(17)21)1-3-20-4-2-13/h5-6H,1-4H2,(H2,17,21)(H,18,19). The Labute approximate surface area is 136 Å². The van der Waals surface area contributed by atoms with Crippen LogP contribution >= 0.6 is 35.4 Å². The van der Waals surface area contributed by atoms with Gasteiger partial charge in [0.1, 0.15) is 5.41 Å². The van der Waals surface area contributed by atoms with Crippen LogP contribution in [0, 0.1) is 11.2 Å². The van der Waals surface area contributed by atoms with Gasteiger partial charge in [0.2, 0.25) is 5.91 Å². The maximum Gasteiger partial charge on any atom is 0.237 e. The van der Waals surface area contributed by atoms with Crippen LogP contribution in [-0.2, 0) is 9.53 Å². The highest BCUT2D eigenvalue weighted by Crippen LogP contribution is 2.34. The molecule has 0 spiro atoms. The summed E-state index contributed by atoms with van der Waals surface area (Å²) in [5.74, 6) is -1.09. The van der Waals surface area contributed by atoms with Crippen LogP contribution in [0.5, 0.6) is 0 Å². The Bertz CT molecular complexity index is 569. The second-order valence-corrected chi connectivity index (χ2v) is 6.02. The maximum atomic E-state index is 13.4. The number of rotatable bonds is 3. The Kier molecular flexibility index (Phi) is 5.03. The number of nitrogens with one attached hydrogen (secondary N) is 1. The third kappa shape index (κ3) is 3.29. The molecule has 1 saturated heterocycles. The predicted octanol–water partition coefficient (Wildman–Crippen LogP) is 3.15. The normalized spacial score (nSPS) is 17.3. The van der Waals surface area contributed by atoms with Crippen molar-refractivity contribution in [3.05, 3.63) is 28.0 Å². The molecule has 0 saturated carbocycles. The summed E-state index contributed by atoms with van der Waals surface area (Å²) < 4.78 is 18.6. The van der Waals surface area contributed by atoms with Gasteiger partial charge in [-0.25, -0.2) is 4.39 Å². The molecular formula is C13H13Cl2FN2O2S. The molecule has 1 aromatic rings. The van der Waals surface area contributed by atoms with Gasteiger partial charge in [0.05, 0.1) is 15.0 Å². The van der Waals surface area contributed by atoms with Gasteiger partial charge < -0.3 is 15.8 Å². The lowest BCUT2D eigenvalue weighted by Gasteiger charge is -2.34. The number of ether oxygens (including phenoxy) is 1. The Morgan fingerprint density at radius 1 is 1.33 bits per heavy atom. The number of carbonyl (C=O) groups excluding carboxylic acids is 1. The largest absolute Gasteiger partial charge is 0.392 e. The molecule has 2 rings (SSSR count). The Morgan fingerprint density at radius 2 is 1.86 bits per heavy atom. The third-order valence-electron chi connectivity index (χ3n) is 3.49. The van der Waals surface area contributed by atoms with Crippen LogP contribution < -0.4 is 11.1 Å². The highest BCUT2D eigenvalue weighted by atomic mass is 35.5. The molecule has 4 nitrogen and oxygen atoms in total. The number of halogens is 3. The summed E-state index contributed by atoms with van der Waals surface area (Å²) in [7, 11) is 0. The summed E-state index contributed by atoms with van der Waals surface area (Å²) in [6.07, 6.45) is 0.799. The van der Waals surface area contributed by atoms with Crippen molar-refractivity contribution in [3.63, 3.8) is 0 Å². The van der Waals surface area contributed by atoms with E-state index >= 15 is 0 Å². The summed E-state index contributed by atoms with van der Waals surface area (Å²) in [5, 5.41) is 2.30. The Hall–Kier alpha value is -0.950. The third-order valence-corrected chi connectivity index (χ3v) is 4.44. The number of hydrogen-bond acceptors (Lipinski definition) is 3. The van der Waals surface area contributed by atoms with Gasteiger partial charge >= 0.3 is 0 Å². The first-order chi connectivity index (χ1) is 9.86.